The maximum absolute atomic E-state index is 12.9. The molecular weight excluding hydrogens is 596 g/mol. The van der Waals surface area contributed by atoms with Gasteiger partial charge < -0.3 is 20.6 Å². The van der Waals surface area contributed by atoms with E-state index in [-0.39, 0.29) is 22.8 Å². The third-order valence-electron chi connectivity index (χ3n) is 6.59. The molecule has 0 aromatic heterocycles. The number of carbonyl (C=O) groups is 4. The average molecular weight is 629 g/mol. The molecule has 5 N–H and O–H groups in total. The Bertz CT molecular complexity index is 1630. The number of thioether (sulfide) groups is 1. The van der Waals surface area contributed by atoms with Crippen LogP contribution >= 0.6 is 11.8 Å². The van der Waals surface area contributed by atoms with Gasteiger partial charge in [0.1, 0.15) is 11.3 Å². The summed E-state index contributed by atoms with van der Waals surface area (Å²) in [6.07, 6.45) is -0.575. The summed E-state index contributed by atoms with van der Waals surface area (Å²) >= 11 is 1.35. The second kappa shape index (κ2) is 14.3. The molecule has 3 rings (SSSR count). The Morgan fingerprint density at radius 2 is 1.53 bits per heavy atom. The van der Waals surface area contributed by atoms with E-state index in [2.05, 4.69) is 22.2 Å². The Labute approximate surface area is 253 Å². The number of aliphatic carboxylic acids is 1. The zero-order valence-electron chi connectivity index (χ0n) is 23.7. The first-order chi connectivity index (χ1) is 20.2. The molecule has 13 heteroatoms. The number of carbonyl (C=O) groups excluding carboxylic acids is 2. The minimum absolute atomic E-state index is 0.0130. The van der Waals surface area contributed by atoms with Gasteiger partial charge in [0.2, 0.25) is 10.0 Å². The van der Waals surface area contributed by atoms with Crippen LogP contribution in [0, 0.1) is 20.8 Å². The number of hydrogen-bond acceptors (Lipinski definition) is 8. The molecule has 43 heavy (non-hydrogen) atoms. The molecule has 0 aliphatic rings. The minimum atomic E-state index is -4.13. The van der Waals surface area contributed by atoms with E-state index in [1.807, 2.05) is 20.8 Å². The number of sulfonamides is 1. The molecule has 3 aromatic carbocycles. The molecule has 0 saturated heterocycles. The van der Waals surface area contributed by atoms with E-state index in [1.54, 1.807) is 0 Å². The first kappa shape index (κ1) is 33.3. The quantitative estimate of drug-likeness (QED) is 0.177. The lowest BCUT2D eigenvalue weighted by molar-refractivity contribution is -0.139. The SMILES string of the molecule is Cc1cc(C)c(CSCC(=O)[C@H](CC(=O)O)NC(=O)c2ccc(CNS(=O)(=O)c3ccc(O)c(C(=O)O)c3)cc2)c(C)c1. The second-order valence-electron chi connectivity index (χ2n) is 9.97. The van der Waals surface area contributed by atoms with Gasteiger partial charge in [-0.25, -0.2) is 17.9 Å². The van der Waals surface area contributed by atoms with Gasteiger partial charge in [0, 0.05) is 17.9 Å². The van der Waals surface area contributed by atoms with Crippen LogP contribution in [0.2, 0.25) is 0 Å². The molecular formula is C30H32N2O9S2. The van der Waals surface area contributed by atoms with E-state index in [9.17, 15) is 37.8 Å². The summed E-state index contributed by atoms with van der Waals surface area (Å²) in [6, 6.07) is 11.5. The topological polar surface area (TPSA) is 187 Å². The van der Waals surface area contributed by atoms with Crippen molar-refractivity contribution in [1.82, 2.24) is 10.0 Å². The number of Topliss-reactive ketones (excluding diaryl/α,β-unsaturated/α-hetero) is 1. The summed E-state index contributed by atoms with van der Waals surface area (Å²) < 4.78 is 27.5. The molecule has 1 atom stereocenters. The van der Waals surface area contributed by atoms with Gasteiger partial charge in [0.25, 0.3) is 5.91 Å². The zero-order valence-corrected chi connectivity index (χ0v) is 25.3. The first-order valence-corrected chi connectivity index (χ1v) is 15.7. The van der Waals surface area contributed by atoms with Crippen molar-refractivity contribution in [3.05, 3.63) is 93.5 Å². The highest BCUT2D eigenvalue weighted by Gasteiger charge is 2.24. The first-order valence-electron chi connectivity index (χ1n) is 13.0. The van der Waals surface area contributed by atoms with Crippen molar-refractivity contribution in [1.29, 1.82) is 0 Å². The number of aromatic hydroxyl groups is 1. The molecule has 0 fully saturated rings. The molecule has 228 valence electrons. The number of carboxylic acid groups (broad SMARTS) is 2. The predicted octanol–water partition coefficient (Wildman–Crippen LogP) is 3.57. The van der Waals surface area contributed by atoms with Crippen LogP contribution < -0.4 is 10.0 Å². The van der Waals surface area contributed by atoms with Gasteiger partial charge in [0.05, 0.1) is 23.1 Å². The van der Waals surface area contributed by atoms with Crippen LogP contribution in [0.3, 0.4) is 0 Å². The van der Waals surface area contributed by atoms with Crippen LogP contribution in [-0.2, 0) is 31.9 Å². The van der Waals surface area contributed by atoms with E-state index in [0.29, 0.717) is 11.3 Å². The monoisotopic (exact) mass is 628 g/mol. The molecule has 3 aromatic rings. The Morgan fingerprint density at radius 3 is 2.12 bits per heavy atom. The number of aromatic carboxylic acids is 1. The van der Waals surface area contributed by atoms with Crippen molar-refractivity contribution in [3.8, 4) is 5.75 Å². The normalized spacial score (nSPS) is 12.0. The maximum atomic E-state index is 12.9. The van der Waals surface area contributed by atoms with Gasteiger partial charge in [-0.3, -0.25) is 14.4 Å². The number of nitrogens with one attached hydrogen (secondary N) is 2. The lowest BCUT2D eigenvalue weighted by atomic mass is 10.0. The van der Waals surface area contributed by atoms with E-state index >= 15 is 0 Å². The fourth-order valence-electron chi connectivity index (χ4n) is 4.34. The summed E-state index contributed by atoms with van der Waals surface area (Å²) in [6.45, 7) is 5.81. The van der Waals surface area contributed by atoms with Gasteiger partial charge >= 0.3 is 11.9 Å². The fraction of sp³-hybridized carbons (Fsp3) is 0.267. The summed E-state index contributed by atoms with van der Waals surface area (Å²) in [7, 11) is -4.13. The third-order valence-corrected chi connectivity index (χ3v) is 8.98. The van der Waals surface area contributed by atoms with Crippen LogP contribution in [-0.4, -0.2) is 59.2 Å². The molecule has 0 bridgehead atoms. The van der Waals surface area contributed by atoms with Crippen LogP contribution in [0.1, 0.15) is 55.0 Å². The summed E-state index contributed by atoms with van der Waals surface area (Å²) in [5.41, 5.74) is 4.51. The van der Waals surface area contributed by atoms with Crippen molar-refractivity contribution < 1.29 is 42.9 Å². The lowest BCUT2D eigenvalue weighted by Gasteiger charge is -2.17. The summed E-state index contributed by atoms with van der Waals surface area (Å²) in [5.74, 6) is -3.79. The van der Waals surface area contributed by atoms with E-state index < -0.39 is 57.4 Å². The van der Waals surface area contributed by atoms with E-state index in [1.165, 1.54) is 36.0 Å². The van der Waals surface area contributed by atoms with Crippen LogP contribution in [0.25, 0.3) is 0 Å². The highest BCUT2D eigenvalue weighted by Crippen LogP contribution is 2.23. The van der Waals surface area contributed by atoms with Crippen molar-refractivity contribution >= 4 is 45.4 Å². The van der Waals surface area contributed by atoms with Gasteiger partial charge in [-0.1, -0.05) is 29.8 Å². The molecule has 0 spiro atoms. The molecule has 0 aliphatic carbocycles. The number of rotatable bonds is 14. The Kier molecular flexibility index (Phi) is 11.1. The molecule has 0 radical (unpaired) electrons. The number of aryl methyl sites for hydroxylation is 3. The van der Waals surface area contributed by atoms with Crippen LogP contribution in [0.5, 0.6) is 5.75 Å². The Morgan fingerprint density at radius 1 is 0.907 bits per heavy atom. The maximum Gasteiger partial charge on any atom is 0.339 e. The largest absolute Gasteiger partial charge is 0.507 e. The minimum Gasteiger partial charge on any atom is -0.507 e. The fourth-order valence-corrected chi connectivity index (χ4v) is 6.55. The molecule has 1 amide bonds. The smallest absolute Gasteiger partial charge is 0.339 e. The number of carboxylic acids is 2. The third kappa shape index (κ3) is 9.14. The van der Waals surface area contributed by atoms with Gasteiger partial charge in [-0.15, -0.1) is 11.8 Å². The predicted molar refractivity (Wildman–Crippen MR) is 161 cm³/mol. The summed E-state index contributed by atoms with van der Waals surface area (Å²) in [4.78, 5) is 48.0. The van der Waals surface area contributed by atoms with Crippen molar-refractivity contribution in [2.24, 2.45) is 0 Å². The van der Waals surface area contributed by atoms with E-state index in [0.717, 1.165) is 40.5 Å². The zero-order chi connectivity index (χ0) is 31.9. The number of phenols is 1. The standard InChI is InChI=1S/C30H32N2O9S2/c1-17-10-18(2)24(19(3)11-17)15-42-16-27(34)25(13-28(35)36)32-29(37)21-6-4-20(5-7-21)14-31-43(40,41)22-8-9-26(33)23(12-22)30(38)39/h4-12,25,31,33H,13-16H2,1-3H3,(H,32,37)(H,35,36)(H,38,39)/t25-/m0/s1. The van der Waals surface area contributed by atoms with Crippen molar-refractivity contribution in [2.45, 2.75) is 50.4 Å². The highest BCUT2D eigenvalue weighted by molar-refractivity contribution is 7.99. The van der Waals surface area contributed by atoms with Crippen LogP contribution in [0.4, 0.5) is 0 Å². The number of amides is 1. The number of benzene rings is 3. The average Bonchev–Trinajstić information content (AvgIpc) is 2.92. The molecule has 11 nitrogen and oxygen atoms in total. The Balaban J connectivity index is 1.61. The molecule has 0 saturated carbocycles. The molecule has 0 aliphatic heterocycles. The second-order valence-corrected chi connectivity index (χ2v) is 12.7. The van der Waals surface area contributed by atoms with Crippen molar-refractivity contribution in [3.63, 3.8) is 0 Å². The molecule has 0 heterocycles. The van der Waals surface area contributed by atoms with E-state index in [4.69, 9.17) is 5.11 Å². The highest BCUT2D eigenvalue weighted by atomic mass is 32.2. The molecule has 0 unspecified atom stereocenters. The van der Waals surface area contributed by atoms with Gasteiger partial charge in [-0.2, -0.15) is 0 Å². The van der Waals surface area contributed by atoms with Crippen molar-refractivity contribution in [2.75, 3.05) is 5.75 Å². The van der Waals surface area contributed by atoms with Gasteiger partial charge in [0.15, 0.2) is 5.78 Å². The number of ketones is 1. The summed E-state index contributed by atoms with van der Waals surface area (Å²) in [5, 5.41) is 30.5. The van der Waals surface area contributed by atoms with Gasteiger partial charge in [-0.05, 0) is 73.4 Å². The van der Waals surface area contributed by atoms with Crippen LogP contribution in [0.15, 0.2) is 59.5 Å². The Hall–Kier alpha value is -4.20. The lowest BCUT2D eigenvalue weighted by Crippen LogP contribution is -2.43. The number of hydrogen-bond donors (Lipinski definition) is 5.